The van der Waals surface area contributed by atoms with Crippen LogP contribution in [0.25, 0.3) is 10.3 Å². The molecule has 0 aromatic carbocycles. The van der Waals surface area contributed by atoms with Crippen LogP contribution in [0.15, 0.2) is 15.3 Å². The van der Waals surface area contributed by atoms with Gasteiger partial charge in [0.1, 0.15) is 5.56 Å². The van der Waals surface area contributed by atoms with Crippen LogP contribution in [0.1, 0.15) is 28.8 Å². The van der Waals surface area contributed by atoms with Crippen LogP contribution in [-0.2, 0) is 4.74 Å². The number of nitrogens with one attached hydrogen (secondary N) is 1. The van der Waals surface area contributed by atoms with Crippen LogP contribution in [0.2, 0.25) is 0 Å². The van der Waals surface area contributed by atoms with E-state index in [4.69, 9.17) is 4.42 Å². The zero-order valence-electron chi connectivity index (χ0n) is 14.2. The lowest BCUT2D eigenvalue weighted by Gasteiger charge is -2.29. The highest BCUT2D eigenvalue weighted by Crippen LogP contribution is 2.35. The Morgan fingerprint density at radius 2 is 2.17 bits per heavy atom. The fourth-order valence-electron chi connectivity index (χ4n) is 3.00. The van der Waals surface area contributed by atoms with Crippen LogP contribution in [0.4, 0.5) is 5.00 Å². The van der Waals surface area contributed by atoms with Gasteiger partial charge < -0.3 is 19.4 Å². The van der Waals surface area contributed by atoms with E-state index in [0.717, 1.165) is 34.9 Å². The van der Waals surface area contributed by atoms with Crippen molar-refractivity contribution in [2.45, 2.75) is 19.8 Å². The molecule has 1 aliphatic heterocycles. The van der Waals surface area contributed by atoms with Crippen molar-refractivity contribution in [1.29, 1.82) is 0 Å². The molecule has 0 aliphatic carbocycles. The number of likely N-dealkylation sites (tertiary alicyclic amines) is 1. The number of nitrogens with zero attached hydrogens (tertiary/aromatic N) is 1. The molecule has 2 aromatic heterocycles. The van der Waals surface area contributed by atoms with Crippen molar-refractivity contribution in [2.75, 3.05) is 39.1 Å². The number of carbonyl (C=O) groups excluding carboxylic acids is 1. The molecule has 0 atom stereocenters. The lowest BCUT2D eigenvalue weighted by molar-refractivity contribution is 0.0596. The van der Waals surface area contributed by atoms with Gasteiger partial charge in [0, 0.05) is 12.1 Å². The highest BCUT2D eigenvalue weighted by atomic mass is 32.1. The molecule has 130 valence electrons. The van der Waals surface area contributed by atoms with Gasteiger partial charge in [0.25, 0.3) is 0 Å². The fraction of sp³-hybridized carbons (Fsp3) is 0.529. The maximum absolute atomic E-state index is 11.9. The molecule has 0 radical (unpaired) electrons. The number of esters is 1. The highest BCUT2D eigenvalue weighted by Gasteiger charge is 2.20. The van der Waals surface area contributed by atoms with Gasteiger partial charge in [0.05, 0.1) is 16.8 Å². The topological polar surface area (TPSA) is 71.8 Å². The standard InChI is InChI=1S/C17H22N2O4S/c1-10-14-13(8-12(16(20)22-3)17(21)23-14)24-15(10)18-9-11-4-6-19(2)7-5-11/h8,11,18H,4-7,9H2,1-3H3. The molecule has 1 saturated heterocycles. The Bertz CT molecular complexity index is 803. The second-order valence-corrected chi connectivity index (χ2v) is 7.37. The average molecular weight is 350 g/mol. The minimum Gasteiger partial charge on any atom is -0.465 e. The Labute approximate surface area is 144 Å². The minimum absolute atomic E-state index is 0.0619. The highest BCUT2D eigenvalue weighted by molar-refractivity contribution is 7.23. The minimum atomic E-state index is -0.669. The lowest BCUT2D eigenvalue weighted by atomic mass is 9.97. The van der Waals surface area contributed by atoms with E-state index in [9.17, 15) is 9.59 Å². The van der Waals surface area contributed by atoms with Gasteiger partial charge in [-0.05, 0) is 51.9 Å². The van der Waals surface area contributed by atoms with Crippen LogP contribution in [0.5, 0.6) is 0 Å². The molecule has 24 heavy (non-hydrogen) atoms. The van der Waals surface area contributed by atoms with Crippen molar-refractivity contribution in [3.05, 3.63) is 27.6 Å². The molecule has 3 rings (SSSR count). The summed E-state index contributed by atoms with van der Waals surface area (Å²) < 4.78 is 10.7. The number of thiophene rings is 1. The normalized spacial score (nSPS) is 16.5. The molecule has 6 nitrogen and oxygen atoms in total. The molecular formula is C17H22N2O4S. The number of carbonyl (C=O) groups is 1. The summed E-state index contributed by atoms with van der Waals surface area (Å²) in [5.41, 5.74) is 0.741. The van der Waals surface area contributed by atoms with Gasteiger partial charge in [0.15, 0.2) is 5.58 Å². The summed E-state index contributed by atoms with van der Waals surface area (Å²) in [4.78, 5) is 25.9. The fourth-order valence-corrected chi connectivity index (χ4v) is 4.09. The third kappa shape index (κ3) is 3.32. The van der Waals surface area contributed by atoms with E-state index in [-0.39, 0.29) is 5.56 Å². The van der Waals surface area contributed by atoms with Gasteiger partial charge >= 0.3 is 11.6 Å². The van der Waals surface area contributed by atoms with Crippen LogP contribution in [0.3, 0.4) is 0 Å². The summed E-state index contributed by atoms with van der Waals surface area (Å²) in [5, 5.41) is 4.49. The first-order chi connectivity index (χ1) is 11.5. The summed E-state index contributed by atoms with van der Waals surface area (Å²) in [6.45, 7) is 5.11. The Balaban J connectivity index is 1.80. The van der Waals surface area contributed by atoms with Crippen LogP contribution < -0.4 is 10.9 Å². The molecule has 0 saturated carbocycles. The Morgan fingerprint density at radius 3 is 2.83 bits per heavy atom. The van der Waals surface area contributed by atoms with Crippen molar-refractivity contribution in [3.8, 4) is 0 Å². The average Bonchev–Trinajstić information content (AvgIpc) is 2.88. The van der Waals surface area contributed by atoms with E-state index in [1.54, 1.807) is 6.07 Å². The smallest absolute Gasteiger partial charge is 0.351 e. The molecule has 1 N–H and O–H groups in total. The molecule has 0 unspecified atom stereocenters. The number of hydrogen-bond acceptors (Lipinski definition) is 7. The molecule has 0 amide bonds. The largest absolute Gasteiger partial charge is 0.465 e. The summed E-state index contributed by atoms with van der Waals surface area (Å²) in [6.07, 6.45) is 2.38. The summed E-state index contributed by atoms with van der Waals surface area (Å²) in [6, 6.07) is 1.56. The number of aryl methyl sites for hydroxylation is 1. The van der Waals surface area contributed by atoms with Crippen LogP contribution in [0, 0.1) is 12.8 Å². The summed E-state index contributed by atoms with van der Waals surface area (Å²) >= 11 is 1.50. The maximum Gasteiger partial charge on any atom is 0.351 e. The van der Waals surface area contributed by atoms with Crippen LogP contribution in [-0.4, -0.2) is 44.7 Å². The molecule has 0 spiro atoms. The third-order valence-corrected chi connectivity index (χ3v) is 5.78. The van der Waals surface area contributed by atoms with E-state index in [2.05, 4.69) is 22.0 Å². The SMILES string of the molecule is COC(=O)c1cc2sc(NCC3CCN(C)CC3)c(C)c2oc1=O. The molecule has 7 heteroatoms. The van der Waals surface area contributed by atoms with Gasteiger partial charge in [-0.3, -0.25) is 0 Å². The molecule has 1 fully saturated rings. The van der Waals surface area contributed by atoms with Crippen molar-refractivity contribution >= 4 is 32.6 Å². The van der Waals surface area contributed by atoms with Crippen molar-refractivity contribution in [2.24, 2.45) is 5.92 Å². The Kier molecular flexibility index (Phi) is 4.91. The lowest BCUT2D eigenvalue weighted by Crippen LogP contribution is -2.32. The molecule has 0 bridgehead atoms. The van der Waals surface area contributed by atoms with E-state index in [0.29, 0.717) is 11.5 Å². The first kappa shape index (κ1) is 17.0. The summed E-state index contributed by atoms with van der Waals surface area (Å²) in [7, 11) is 3.40. The van der Waals surface area contributed by atoms with Gasteiger partial charge in [0.2, 0.25) is 0 Å². The maximum atomic E-state index is 11.9. The van der Waals surface area contributed by atoms with E-state index < -0.39 is 11.6 Å². The van der Waals surface area contributed by atoms with Gasteiger partial charge in [-0.25, -0.2) is 9.59 Å². The monoisotopic (exact) mass is 350 g/mol. The quantitative estimate of drug-likeness (QED) is 0.855. The van der Waals surface area contributed by atoms with Crippen molar-refractivity contribution < 1.29 is 13.9 Å². The number of ether oxygens (including phenoxy) is 1. The predicted octanol–water partition coefficient (Wildman–Crippen LogP) is 2.70. The zero-order valence-corrected chi connectivity index (χ0v) is 15.0. The number of hydrogen-bond donors (Lipinski definition) is 1. The van der Waals surface area contributed by atoms with E-state index in [1.807, 2.05) is 6.92 Å². The Morgan fingerprint density at radius 1 is 1.46 bits per heavy atom. The second-order valence-electron chi connectivity index (χ2n) is 6.32. The zero-order chi connectivity index (χ0) is 17.3. The van der Waals surface area contributed by atoms with Crippen molar-refractivity contribution in [1.82, 2.24) is 4.90 Å². The predicted molar refractivity (Wildman–Crippen MR) is 95.1 cm³/mol. The number of fused-ring (bicyclic) bond motifs is 1. The van der Waals surface area contributed by atoms with Crippen LogP contribution >= 0.6 is 11.3 Å². The van der Waals surface area contributed by atoms with Gasteiger partial charge in [-0.15, -0.1) is 11.3 Å². The Hall–Kier alpha value is -1.86. The molecule has 2 aromatic rings. The molecule has 1 aliphatic rings. The number of methoxy groups -OCH3 is 1. The first-order valence-corrected chi connectivity index (χ1v) is 8.89. The van der Waals surface area contributed by atoms with E-state index >= 15 is 0 Å². The number of rotatable bonds is 4. The van der Waals surface area contributed by atoms with E-state index in [1.165, 1.54) is 31.3 Å². The number of anilines is 1. The summed E-state index contributed by atoms with van der Waals surface area (Å²) in [5.74, 6) is -0.0130. The van der Waals surface area contributed by atoms with Gasteiger partial charge in [-0.2, -0.15) is 0 Å². The molecular weight excluding hydrogens is 328 g/mol. The second kappa shape index (κ2) is 6.94. The number of piperidine rings is 1. The third-order valence-electron chi connectivity index (χ3n) is 4.60. The van der Waals surface area contributed by atoms with Gasteiger partial charge in [-0.1, -0.05) is 0 Å². The van der Waals surface area contributed by atoms with Crippen molar-refractivity contribution in [3.63, 3.8) is 0 Å². The molecule has 3 heterocycles. The first-order valence-electron chi connectivity index (χ1n) is 8.07.